The summed E-state index contributed by atoms with van der Waals surface area (Å²) in [6.45, 7) is 14.9. The van der Waals surface area contributed by atoms with Gasteiger partial charge in [-0.15, -0.1) is 0 Å². The van der Waals surface area contributed by atoms with Gasteiger partial charge in [0.05, 0.1) is 5.41 Å². The summed E-state index contributed by atoms with van der Waals surface area (Å²) in [5.41, 5.74) is 11.8. The minimum atomic E-state index is -0.365. The Hall–Kier alpha value is -6.45. The first-order valence-corrected chi connectivity index (χ1v) is 20.2. The first kappa shape index (κ1) is 37.5. The molecule has 1 aliphatic rings. The van der Waals surface area contributed by atoms with Gasteiger partial charge < -0.3 is 10.6 Å². The monoisotopic (exact) mass is 742 g/mol. The Kier molecular flexibility index (Phi) is 10.5. The molecule has 1 aliphatic heterocycles. The van der Waals surface area contributed by atoms with Crippen LogP contribution in [0.1, 0.15) is 48.6 Å². The predicted octanol–water partition coefficient (Wildman–Crippen LogP) is 13.2. The van der Waals surface area contributed by atoms with Gasteiger partial charge in [-0.1, -0.05) is 135 Å². The van der Waals surface area contributed by atoms with Crippen LogP contribution >= 0.6 is 0 Å². The lowest BCUT2D eigenvalue weighted by Crippen LogP contribution is -2.34. The third-order valence-electron chi connectivity index (χ3n) is 12.0. The van der Waals surface area contributed by atoms with Gasteiger partial charge in [0, 0.05) is 46.9 Å². The van der Waals surface area contributed by atoms with Crippen molar-refractivity contribution < 1.29 is 4.58 Å². The molecule has 3 heteroatoms. The highest BCUT2D eigenvalue weighted by Crippen LogP contribution is 2.47. The number of fused-ring (bicyclic) bond motifs is 4. The lowest BCUT2D eigenvalue weighted by molar-refractivity contribution is -0.433. The Morgan fingerprint density at radius 1 is 0.667 bits per heavy atom. The van der Waals surface area contributed by atoms with Gasteiger partial charge in [0.2, 0.25) is 5.69 Å². The summed E-state index contributed by atoms with van der Waals surface area (Å²) in [6.07, 6.45) is 10.3. The fourth-order valence-corrected chi connectivity index (χ4v) is 9.19. The molecule has 2 atom stereocenters. The second kappa shape index (κ2) is 16.0. The first-order chi connectivity index (χ1) is 27.8. The van der Waals surface area contributed by atoms with E-state index in [4.69, 9.17) is 6.58 Å². The molecule has 3 nitrogen and oxygen atoms in total. The standard InChI is InChI=1S/C54H51N3/c1-6-57-49-32-31-44-18-14-16-24-48(44)52(49)54(5,50(57)34-36-56-46-21-11-8-12-22-46)38-42-28-26-41(27-29-42)37-53(4,40(3)33-35-55-45-19-9-7-10-20-45)51-39(2)25-30-43-17-13-15-23-47(43)51/h7-36,55H,3,6,37-38H2,1-2,4-5H3/p+1. The number of hydrogen-bond donors (Lipinski definition) is 2. The zero-order valence-corrected chi connectivity index (χ0v) is 33.6. The van der Waals surface area contributed by atoms with E-state index in [1.165, 1.54) is 60.8 Å². The van der Waals surface area contributed by atoms with E-state index in [9.17, 15) is 0 Å². The van der Waals surface area contributed by atoms with E-state index in [2.05, 4.69) is 195 Å². The van der Waals surface area contributed by atoms with Gasteiger partial charge in [-0.3, -0.25) is 0 Å². The Balaban J connectivity index is 1.15. The largest absolute Gasteiger partial charge is 0.362 e. The maximum absolute atomic E-state index is 4.74. The molecule has 0 saturated heterocycles. The van der Waals surface area contributed by atoms with Crippen LogP contribution in [0.5, 0.6) is 0 Å². The van der Waals surface area contributed by atoms with E-state index in [1.54, 1.807) is 0 Å². The number of hydrogen-bond acceptors (Lipinski definition) is 2. The Morgan fingerprint density at radius 3 is 1.89 bits per heavy atom. The quantitative estimate of drug-likeness (QED) is 0.0909. The zero-order chi connectivity index (χ0) is 39.4. The lowest BCUT2D eigenvalue weighted by Gasteiger charge is -2.34. The summed E-state index contributed by atoms with van der Waals surface area (Å²) in [6, 6.07) is 56.8. The van der Waals surface area contributed by atoms with Crippen molar-refractivity contribution in [3.8, 4) is 0 Å². The average Bonchev–Trinajstić information content (AvgIpc) is 3.48. The minimum absolute atomic E-state index is 0.262. The van der Waals surface area contributed by atoms with Crippen LogP contribution < -0.4 is 10.6 Å². The molecular formula is C54H52N3+. The lowest BCUT2D eigenvalue weighted by atomic mass is 9.69. The third-order valence-corrected chi connectivity index (χ3v) is 12.0. The summed E-state index contributed by atoms with van der Waals surface area (Å²) in [4.78, 5) is 0. The van der Waals surface area contributed by atoms with Gasteiger partial charge in [0.15, 0.2) is 5.71 Å². The fraction of sp³-hybridized carbons (Fsp3) is 0.167. The van der Waals surface area contributed by atoms with Crippen molar-refractivity contribution in [3.05, 3.63) is 222 Å². The molecule has 0 fully saturated rings. The summed E-state index contributed by atoms with van der Waals surface area (Å²) in [7, 11) is 0. The molecule has 0 saturated carbocycles. The molecule has 0 amide bonds. The average molecular weight is 743 g/mol. The number of nitrogens with zero attached hydrogens (tertiary/aromatic N) is 1. The maximum Gasteiger partial charge on any atom is 0.210 e. The summed E-state index contributed by atoms with van der Waals surface area (Å²) in [5.74, 6) is 0. The van der Waals surface area contributed by atoms with Gasteiger partial charge in [-0.2, -0.15) is 4.58 Å². The third kappa shape index (κ3) is 7.34. The molecular weight excluding hydrogens is 691 g/mol. The molecule has 0 aromatic heterocycles. The van der Waals surface area contributed by atoms with Crippen LogP contribution in [0.15, 0.2) is 194 Å². The van der Waals surface area contributed by atoms with Crippen molar-refractivity contribution in [2.45, 2.75) is 51.4 Å². The molecule has 2 N–H and O–H groups in total. The van der Waals surface area contributed by atoms with Crippen LogP contribution in [0.4, 0.5) is 17.1 Å². The number of allylic oxidation sites excluding steroid dienone is 3. The van der Waals surface area contributed by atoms with E-state index in [1.807, 2.05) is 30.5 Å². The Bertz CT molecular complexity index is 2650. The van der Waals surface area contributed by atoms with Gasteiger partial charge in [-0.25, -0.2) is 0 Å². The Morgan fingerprint density at radius 2 is 1.23 bits per heavy atom. The second-order valence-electron chi connectivity index (χ2n) is 15.8. The molecule has 1 heterocycles. The molecule has 0 radical (unpaired) electrons. The van der Waals surface area contributed by atoms with Crippen molar-refractivity contribution in [2.75, 3.05) is 17.2 Å². The van der Waals surface area contributed by atoms with Crippen LogP contribution in [-0.4, -0.2) is 16.8 Å². The van der Waals surface area contributed by atoms with Crippen molar-refractivity contribution in [1.82, 2.24) is 0 Å². The smallest absolute Gasteiger partial charge is 0.210 e. The number of benzene rings is 7. The second-order valence-corrected chi connectivity index (χ2v) is 15.8. The van der Waals surface area contributed by atoms with Crippen LogP contribution in [-0.2, 0) is 23.7 Å². The number of rotatable bonds is 13. The van der Waals surface area contributed by atoms with E-state index in [0.29, 0.717) is 0 Å². The van der Waals surface area contributed by atoms with E-state index in [-0.39, 0.29) is 10.8 Å². The van der Waals surface area contributed by atoms with Crippen molar-refractivity contribution in [1.29, 1.82) is 0 Å². The minimum Gasteiger partial charge on any atom is -0.362 e. The topological polar surface area (TPSA) is 27.1 Å². The highest BCUT2D eigenvalue weighted by atomic mass is 15.1. The maximum atomic E-state index is 4.74. The number of anilines is 2. The number of para-hydroxylation sites is 2. The number of aryl methyl sites for hydroxylation is 1. The van der Waals surface area contributed by atoms with Crippen molar-refractivity contribution >= 4 is 44.3 Å². The molecule has 0 spiro atoms. The molecule has 57 heavy (non-hydrogen) atoms. The van der Waals surface area contributed by atoms with Crippen molar-refractivity contribution in [2.24, 2.45) is 0 Å². The highest BCUT2D eigenvalue weighted by Gasteiger charge is 2.48. The Labute approximate surface area is 338 Å². The zero-order valence-electron chi connectivity index (χ0n) is 33.6. The SMILES string of the molecule is C=C(C=CNc1ccccc1)C(C)(Cc1ccc(CC2(C)C(C=CNc3ccccc3)=[N+](CC)c3ccc4ccccc4c32)cc1)c1c(C)ccc2ccccc12. The summed E-state index contributed by atoms with van der Waals surface area (Å²) >= 11 is 0. The van der Waals surface area contributed by atoms with Gasteiger partial charge in [0.1, 0.15) is 6.54 Å². The molecule has 0 aliphatic carbocycles. The fourth-order valence-electron chi connectivity index (χ4n) is 9.19. The van der Waals surface area contributed by atoms with E-state index < -0.39 is 0 Å². The van der Waals surface area contributed by atoms with Crippen LogP contribution in [0.2, 0.25) is 0 Å². The van der Waals surface area contributed by atoms with Crippen molar-refractivity contribution in [3.63, 3.8) is 0 Å². The summed E-state index contributed by atoms with van der Waals surface area (Å²) in [5, 5.41) is 12.1. The predicted molar refractivity (Wildman–Crippen MR) is 244 cm³/mol. The number of nitrogens with one attached hydrogen (secondary N) is 2. The molecule has 7 aromatic carbocycles. The van der Waals surface area contributed by atoms with Crippen LogP contribution in [0.25, 0.3) is 21.5 Å². The first-order valence-electron chi connectivity index (χ1n) is 20.2. The highest BCUT2D eigenvalue weighted by molar-refractivity contribution is 6.08. The molecule has 8 rings (SSSR count). The molecule has 7 aromatic rings. The van der Waals surface area contributed by atoms with E-state index in [0.717, 1.165) is 36.3 Å². The molecule has 282 valence electrons. The molecule has 0 bridgehead atoms. The van der Waals surface area contributed by atoms with E-state index >= 15 is 0 Å². The van der Waals surface area contributed by atoms with Gasteiger partial charge in [-0.05, 0) is 119 Å². The molecule has 2 unspecified atom stereocenters. The van der Waals surface area contributed by atoms with Gasteiger partial charge >= 0.3 is 0 Å². The summed E-state index contributed by atoms with van der Waals surface area (Å²) < 4.78 is 2.50. The van der Waals surface area contributed by atoms with Crippen LogP contribution in [0.3, 0.4) is 0 Å². The normalized spacial score (nSPS) is 16.4. The van der Waals surface area contributed by atoms with Crippen LogP contribution in [0, 0.1) is 6.92 Å². The van der Waals surface area contributed by atoms with Gasteiger partial charge in [0.25, 0.3) is 0 Å².